The van der Waals surface area contributed by atoms with Crippen molar-refractivity contribution in [3.05, 3.63) is 60.0 Å². The van der Waals surface area contributed by atoms with Crippen LogP contribution in [-0.4, -0.2) is 24.5 Å². The minimum atomic E-state index is -3.97. The molecule has 0 aliphatic rings. The summed E-state index contributed by atoms with van der Waals surface area (Å²) in [6.45, 7) is 1.29. The highest BCUT2D eigenvalue weighted by Gasteiger charge is 2.15. The summed E-state index contributed by atoms with van der Waals surface area (Å²) in [5.74, 6) is -1.26. The van der Waals surface area contributed by atoms with Gasteiger partial charge in [0.1, 0.15) is 11.5 Å². The van der Waals surface area contributed by atoms with Gasteiger partial charge in [-0.3, -0.25) is 15.6 Å². The number of hydrogen-bond donors (Lipinski definition) is 6. The average molecular weight is 378 g/mol. The van der Waals surface area contributed by atoms with Gasteiger partial charge in [-0.2, -0.15) is 0 Å². The van der Waals surface area contributed by atoms with E-state index < -0.39 is 15.9 Å². The molecular weight excluding hydrogens is 360 g/mol. The number of nitrogens with one attached hydrogen (secondary N) is 3. The van der Waals surface area contributed by atoms with Gasteiger partial charge in [-0.25, -0.2) is 13.6 Å². The SMILES string of the molecule is CC(O)=C(NNc1cc(S(N)(=O)=O)ccc1O)C(=O)Nc1ccccc1. The smallest absolute Gasteiger partial charge is 0.277 e. The summed E-state index contributed by atoms with van der Waals surface area (Å²) in [4.78, 5) is 12.0. The molecule has 0 atom stereocenters. The third-order valence-corrected chi connectivity index (χ3v) is 4.15. The molecule has 1 amide bonds. The van der Waals surface area contributed by atoms with Crippen molar-refractivity contribution in [2.24, 2.45) is 5.14 Å². The first kappa shape index (κ1) is 19.1. The highest BCUT2D eigenvalue weighted by atomic mass is 32.2. The van der Waals surface area contributed by atoms with Gasteiger partial charge in [0.2, 0.25) is 10.0 Å². The number of sulfonamides is 1. The summed E-state index contributed by atoms with van der Waals surface area (Å²) >= 11 is 0. The molecule has 0 aliphatic carbocycles. The fourth-order valence-electron chi connectivity index (χ4n) is 1.95. The van der Waals surface area contributed by atoms with Gasteiger partial charge in [-0.05, 0) is 37.3 Å². The molecule has 0 bridgehead atoms. The normalized spacial score (nSPS) is 12.1. The Kier molecular flexibility index (Phi) is 5.70. The molecule has 0 aliphatic heterocycles. The van der Waals surface area contributed by atoms with E-state index in [4.69, 9.17) is 5.14 Å². The quantitative estimate of drug-likeness (QED) is 0.192. The summed E-state index contributed by atoms with van der Waals surface area (Å²) in [7, 11) is -3.97. The molecule has 7 N–H and O–H groups in total. The number of hydrogen-bond acceptors (Lipinski definition) is 7. The van der Waals surface area contributed by atoms with E-state index in [1.165, 1.54) is 6.92 Å². The van der Waals surface area contributed by atoms with Gasteiger partial charge in [0.25, 0.3) is 5.91 Å². The number of phenolic OH excluding ortho intramolecular Hbond substituents is 1. The topological polar surface area (TPSA) is 154 Å². The van der Waals surface area contributed by atoms with Crippen LogP contribution in [0.15, 0.2) is 64.9 Å². The maximum atomic E-state index is 12.3. The van der Waals surface area contributed by atoms with Crippen molar-refractivity contribution >= 4 is 27.3 Å². The average Bonchev–Trinajstić information content (AvgIpc) is 2.56. The number of phenols is 1. The number of allylic oxidation sites excluding steroid dienone is 1. The van der Waals surface area contributed by atoms with E-state index in [0.29, 0.717) is 5.69 Å². The third-order valence-electron chi connectivity index (χ3n) is 3.24. The summed E-state index contributed by atoms with van der Waals surface area (Å²) < 4.78 is 22.8. The number of para-hydroxylation sites is 1. The molecule has 138 valence electrons. The van der Waals surface area contributed by atoms with E-state index in [2.05, 4.69) is 16.2 Å². The summed E-state index contributed by atoms with van der Waals surface area (Å²) in [6, 6.07) is 11.9. The van der Waals surface area contributed by atoms with Crippen LogP contribution in [-0.2, 0) is 14.8 Å². The molecule has 26 heavy (non-hydrogen) atoms. The molecule has 0 spiro atoms. The highest BCUT2D eigenvalue weighted by molar-refractivity contribution is 7.89. The van der Waals surface area contributed by atoms with E-state index >= 15 is 0 Å². The maximum absolute atomic E-state index is 12.3. The lowest BCUT2D eigenvalue weighted by Crippen LogP contribution is -2.31. The monoisotopic (exact) mass is 378 g/mol. The Morgan fingerprint density at radius 3 is 2.35 bits per heavy atom. The van der Waals surface area contributed by atoms with E-state index in [1.807, 2.05) is 0 Å². The Morgan fingerprint density at radius 2 is 1.77 bits per heavy atom. The Bertz CT molecular complexity index is 938. The number of rotatable bonds is 6. The van der Waals surface area contributed by atoms with Gasteiger partial charge in [-0.1, -0.05) is 18.2 Å². The molecular formula is C16H18N4O5S. The van der Waals surface area contributed by atoms with Crippen LogP contribution in [0.3, 0.4) is 0 Å². The molecule has 0 saturated carbocycles. The minimum absolute atomic E-state index is 0.0530. The second-order valence-corrected chi connectivity index (χ2v) is 6.82. The lowest BCUT2D eigenvalue weighted by atomic mass is 10.3. The number of amides is 1. The molecule has 0 heterocycles. The molecule has 9 nitrogen and oxygen atoms in total. The number of aromatic hydroxyl groups is 1. The highest BCUT2D eigenvalue weighted by Crippen LogP contribution is 2.25. The van der Waals surface area contributed by atoms with E-state index in [9.17, 15) is 23.4 Å². The number of carbonyl (C=O) groups is 1. The van der Waals surface area contributed by atoms with Gasteiger partial charge in [-0.15, -0.1) is 0 Å². The summed E-state index contributed by atoms with van der Waals surface area (Å²) in [5.41, 5.74) is 5.15. The molecule has 0 fully saturated rings. The van der Waals surface area contributed by atoms with Crippen LogP contribution in [0.1, 0.15) is 6.92 Å². The van der Waals surface area contributed by atoms with Crippen molar-refractivity contribution in [2.75, 3.05) is 10.7 Å². The third kappa shape index (κ3) is 4.88. The second-order valence-electron chi connectivity index (χ2n) is 5.25. The second kappa shape index (κ2) is 7.76. The van der Waals surface area contributed by atoms with Crippen LogP contribution in [0, 0.1) is 0 Å². The molecule has 10 heteroatoms. The summed E-state index contributed by atoms with van der Waals surface area (Å²) in [6.07, 6.45) is 0. The molecule has 0 radical (unpaired) electrons. The largest absolute Gasteiger partial charge is 0.510 e. The van der Waals surface area contributed by atoms with E-state index in [1.54, 1.807) is 30.3 Å². The molecule has 0 unspecified atom stereocenters. The van der Waals surface area contributed by atoms with Crippen LogP contribution < -0.4 is 21.3 Å². The zero-order valence-corrected chi connectivity index (χ0v) is 14.5. The van der Waals surface area contributed by atoms with Crippen LogP contribution in [0.2, 0.25) is 0 Å². The minimum Gasteiger partial charge on any atom is -0.510 e. The first-order chi connectivity index (χ1) is 12.2. The number of benzene rings is 2. The van der Waals surface area contributed by atoms with E-state index in [0.717, 1.165) is 18.2 Å². The molecule has 0 saturated heterocycles. The van der Waals surface area contributed by atoms with E-state index in [-0.39, 0.29) is 27.8 Å². The van der Waals surface area contributed by atoms with Crippen LogP contribution in [0.4, 0.5) is 11.4 Å². The standard InChI is InChI=1S/C16H18N4O5S/c1-10(21)15(16(23)18-11-5-3-2-4-6-11)20-19-13-9-12(26(17,24)25)7-8-14(13)22/h2-9,19-22H,1H3,(H,18,23)(H2,17,24,25). The summed E-state index contributed by atoms with van der Waals surface area (Å²) in [5, 5.41) is 27.2. The fourth-order valence-corrected chi connectivity index (χ4v) is 2.49. The van der Waals surface area contributed by atoms with Crippen LogP contribution >= 0.6 is 0 Å². The van der Waals surface area contributed by atoms with Gasteiger partial charge >= 0.3 is 0 Å². The molecule has 2 aromatic carbocycles. The number of aliphatic hydroxyl groups excluding tert-OH is 1. The molecule has 0 aromatic heterocycles. The van der Waals surface area contributed by atoms with Gasteiger partial charge in [0, 0.05) is 5.69 Å². The van der Waals surface area contributed by atoms with Crippen molar-refractivity contribution in [2.45, 2.75) is 11.8 Å². The van der Waals surface area contributed by atoms with Crippen LogP contribution in [0.25, 0.3) is 0 Å². The zero-order chi connectivity index (χ0) is 19.3. The fraction of sp³-hybridized carbons (Fsp3) is 0.0625. The molecule has 2 aromatic rings. The number of nitrogens with two attached hydrogens (primary N) is 1. The number of anilines is 2. The Morgan fingerprint density at radius 1 is 1.12 bits per heavy atom. The van der Waals surface area contributed by atoms with Crippen molar-refractivity contribution in [3.8, 4) is 5.75 Å². The van der Waals surface area contributed by atoms with Crippen molar-refractivity contribution in [1.29, 1.82) is 0 Å². The zero-order valence-electron chi connectivity index (χ0n) is 13.7. The first-order valence-electron chi connectivity index (χ1n) is 7.32. The van der Waals surface area contributed by atoms with Crippen LogP contribution in [0.5, 0.6) is 5.75 Å². The number of carbonyl (C=O) groups excluding carboxylic acids is 1. The number of primary sulfonamides is 1. The Hall–Kier alpha value is -3.24. The predicted octanol–water partition coefficient (Wildman–Crippen LogP) is 1.38. The molecule has 2 rings (SSSR count). The van der Waals surface area contributed by atoms with Gasteiger partial charge < -0.3 is 15.5 Å². The lowest BCUT2D eigenvalue weighted by molar-refractivity contribution is -0.113. The van der Waals surface area contributed by atoms with Gasteiger partial charge in [0.05, 0.1) is 10.6 Å². The predicted molar refractivity (Wildman–Crippen MR) is 96.6 cm³/mol. The van der Waals surface area contributed by atoms with Crippen molar-refractivity contribution in [1.82, 2.24) is 5.43 Å². The number of aliphatic hydroxyl groups is 1. The van der Waals surface area contributed by atoms with Crippen molar-refractivity contribution < 1.29 is 23.4 Å². The Labute approximate surface area is 150 Å². The lowest BCUT2D eigenvalue weighted by Gasteiger charge is -2.15. The van der Waals surface area contributed by atoms with Crippen molar-refractivity contribution in [3.63, 3.8) is 0 Å². The maximum Gasteiger partial charge on any atom is 0.277 e. The van der Waals surface area contributed by atoms with Gasteiger partial charge in [0.15, 0.2) is 5.70 Å². The first-order valence-corrected chi connectivity index (χ1v) is 8.87. The Balaban J connectivity index is 2.17. The number of hydrazine groups is 1.